The molecule has 0 N–H and O–H groups in total. The molecule has 4 nitrogen and oxygen atoms in total. The van der Waals surface area contributed by atoms with Crippen LogP contribution < -0.4 is 4.90 Å². The number of likely N-dealkylation sites (N-methyl/N-ethyl adjacent to an activating group) is 1. The van der Waals surface area contributed by atoms with Gasteiger partial charge >= 0.3 is 0 Å². The number of carbonyl (C=O) groups is 2. The summed E-state index contributed by atoms with van der Waals surface area (Å²) in [5.74, 6) is -0.244. The standard InChI is InChI=1S/C21H25BrN2O2S2/c1-3-5-6-7-8-9-12-24-20(26)18(28-21(24)27)17-15-13-14(22)10-11-16(15)23(4-2)19(17)25/h10-11,13H,3-9,12H2,1-2H3. The van der Waals surface area contributed by atoms with Gasteiger partial charge in [0.1, 0.15) is 4.32 Å². The summed E-state index contributed by atoms with van der Waals surface area (Å²) in [7, 11) is 0. The Bertz CT molecular complexity index is 838. The molecule has 150 valence electrons. The largest absolute Gasteiger partial charge is 0.308 e. The van der Waals surface area contributed by atoms with Crippen LogP contribution in [0.3, 0.4) is 0 Å². The summed E-state index contributed by atoms with van der Waals surface area (Å²) in [5.41, 5.74) is 2.15. The highest BCUT2D eigenvalue weighted by Gasteiger charge is 2.41. The molecule has 7 heteroatoms. The summed E-state index contributed by atoms with van der Waals surface area (Å²) in [5, 5.41) is 0. The molecular formula is C21H25BrN2O2S2. The van der Waals surface area contributed by atoms with Gasteiger partial charge < -0.3 is 4.90 Å². The Morgan fingerprint density at radius 3 is 2.43 bits per heavy atom. The zero-order valence-electron chi connectivity index (χ0n) is 16.3. The van der Waals surface area contributed by atoms with Crippen molar-refractivity contribution in [2.75, 3.05) is 18.0 Å². The molecule has 0 spiro atoms. The van der Waals surface area contributed by atoms with E-state index in [1.54, 1.807) is 9.80 Å². The fourth-order valence-corrected chi connectivity index (χ4v) is 5.37. The molecule has 2 amide bonds. The minimum atomic E-state index is -0.129. The number of hydrogen-bond acceptors (Lipinski definition) is 4. The first kappa shape index (κ1) is 21.5. The van der Waals surface area contributed by atoms with Crippen LogP contribution in [-0.4, -0.2) is 34.1 Å². The minimum absolute atomic E-state index is 0.115. The monoisotopic (exact) mass is 480 g/mol. The molecule has 0 bridgehead atoms. The minimum Gasteiger partial charge on any atom is -0.308 e. The van der Waals surface area contributed by atoms with Crippen LogP contribution in [0.1, 0.15) is 57.9 Å². The van der Waals surface area contributed by atoms with Gasteiger partial charge in [-0.05, 0) is 31.5 Å². The second kappa shape index (κ2) is 9.55. The normalized spacial score (nSPS) is 19.2. The number of fused-ring (bicyclic) bond motifs is 1. The number of unbranched alkanes of at least 4 members (excludes halogenated alkanes) is 5. The molecule has 0 aromatic heterocycles. The molecule has 1 aromatic rings. The van der Waals surface area contributed by atoms with Crippen LogP contribution in [0.15, 0.2) is 27.6 Å². The summed E-state index contributed by atoms with van der Waals surface area (Å²) in [6, 6.07) is 5.75. The molecule has 2 aliphatic heterocycles. The summed E-state index contributed by atoms with van der Waals surface area (Å²) < 4.78 is 1.44. The summed E-state index contributed by atoms with van der Waals surface area (Å²) >= 11 is 10.2. The van der Waals surface area contributed by atoms with Gasteiger partial charge in [0.15, 0.2) is 0 Å². The van der Waals surface area contributed by atoms with Gasteiger partial charge in [0.25, 0.3) is 11.8 Å². The van der Waals surface area contributed by atoms with E-state index in [0.29, 0.717) is 27.9 Å². The Morgan fingerprint density at radius 1 is 1.00 bits per heavy atom. The Hall–Kier alpha value is -1.18. The van der Waals surface area contributed by atoms with Crippen LogP contribution in [0, 0.1) is 0 Å². The lowest BCUT2D eigenvalue weighted by Gasteiger charge is -2.14. The van der Waals surface area contributed by atoms with Crippen LogP contribution >= 0.6 is 39.9 Å². The Morgan fingerprint density at radius 2 is 1.71 bits per heavy atom. The summed E-state index contributed by atoms with van der Waals surface area (Å²) in [6.45, 7) is 5.34. The highest BCUT2D eigenvalue weighted by atomic mass is 79.9. The molecule has 1 fully saturated rings. The van der Waals surface area contributed by atoms with Crippen molar-refractivity contribution < 1.29 is 9.59 Å². The summed E-state index contributed by atoms with van der Waals surface area (Å²) in [4.78, 5) is 30.0. The second-order valence-electron chi connectivity index (χ2n) is 7.01. The van der Waals surface area contributed by atoms with Gasteiger partial charge in [-0.3, -0.25) is 14.5 Å². The number of nitrogens with zero attached hydrogens (tertiary/aromatic N) is 2. The van der Waals surface area contributed by atoms with Crippen molar-refractivity contribution in [1.29, 1.82) is 0 Å². The quantitative estimate of drug-likeness (QED) is 0.270. The average molecular weight is 481 g/mol. The Balaban J connectivity index is 1.81. The number of thioether (sulfide) groups is 1. The van der Waals surface area contributed by atoms with Gasteiger partial charge in [0.2, 0.25) is 0 Å². The number of benzene rings is 1. The zero-order chi connectivity index (χ0) is 20.3. The van der Waals surface area contributed by atoms with Crippen LogP contribution in [-0.2, 0) is 9.59 Å². The third-order valence-electron chi connectivity index (χ3n) is 5.11. The maximum absolute atomic E-state index is 13.1. The van der Waals surface area contributed by atoms with E-state index in [9.17, 15) is 9.59 Å². The third-order valence-corrected chi connectivity index (χ3v) is 7.05. The highest BCUT2D eigenvalue weighted by Crippen LogP contribution is 2.45. The van der Waals surface area contributed by atoms with Crippen molar-refractivity contribution in [3.63, 3.8) is 0 Å². The smallest absolute Gasteiger partial charge is 0.267 e. The SMILES string of the molecule is CCCCCCCCN1C(=O)C(=C2C(=O)N(CC)c3ccc(Br)cc32)SC1=S. The highest BCUT2D eigenvalue weighted by molar-refractivity contribution is 9.10. The van der Waals surface area contributed by atoms with E-state index in [-0.39, 0.29) is 11.8 Å². The third kappa shape index (κ3) is 4.21. The van der Waals surface area contributed by atoms with Crippen LogP contribution in [0.25, 0.3) is 5.57 Å². The van der Waals surface area contributed by atoms with Gasteiger partial charge in [-0.15, -0.1) is 0 Å². The van der Waals surface area contributed by atoms with Gasteiger partial charge in [0, 0.05) is 23.1 Å². The van der Waals surface area contributed by atoms with E-state index in [0.717, 1.165) is 28.6 Å². The lowest BCUT2D eigenvalue weighted by molar-refractivity contribution is -0.122. The predicted molar refractivity (Wildman–Crippen MR) is 124 cm³/mol. The fourth-order valence-electron chi connectivity index (χ4n) is 3.63. The lowest BCUT2D eigenvalue weighted by atomic mass is 10.1. The van der Waals surface area contributed by atoms with Crippen molar-refractivity contribution in [3.05, 3.63) is 33.1 Å². The molecule has 2 aliphatic rings. The zero-order valence-corrected chi connectivity index (χ0v) is 19.5. The molecule has 1 saturated heterocycles. The maximum atomic E-state index is 13.1. The molecule has 3 rings (SSSR count). The molecular weight excluding hydrogens is 456 g/mol. The number of carbonyl (C=O) groups excluding carboxylic acids is 2. The molecule has 0 radical (unpaired) electrons. The number of rotatable bonds is 8. The predicted octanol–water partition coefficient (Wildman–Crippen LogP) is 5.75. The number of hydrogen-bond donors (Lipinski definition) is 0. The lowest BCUT2D eigenvalue weighted by Crippen LogP contribution is -2.30. The van der Waals surface area contributed by atoms with Crippen LogP contribution in [0.5, 0.6) is 0 Å². The summed E-state index contributed by atoms with van der Waals surface area (Å²) in [6.07, 6.45) is 6.96. The molecule has 0 aliphatic carbocycles. The van der Waals surface area contributed by atoms with Crippen LogP contribution in [0.2, 0.25) is 0 Å². The van der Waals surface area contributed by atoms with Crippen molar-refractivity contribution in [2.24, 2.45) is 0 Å². The average Bonchev–Trinajstić information content (AvgIpc) is 3.10. The number of anilines is 1. The molecule has 0 atom stereocenters. The van der Waals surface area contributed by atoms with E-state index in [4.69, 9.17) is 12.2 Å². The maximum Gasteiger partial charge on any atom is 0.267 e. The molecule has 0 unspecified atom stereocenters. The van der Waals surface area contributed by atoms with E-state index in [1.165, 1.54) is 37.4 Å². The first-order valence-corrected chi connectivity index (χ1v) is 11.9. The van der Waals surface area contributed by atoms with E-state index < -0.39 is 0 Å². The van der Waals surface area contributed by atoms with Crippen molar-refractivity contribution in [1.82, 2.24) is 4.90 Å². The number of amides is 2. The first-order chi connectivity index (χ1) is 13.5. The van der Waals surface area contributed by atoms with Crippen molar-refractivity contribution in [2.45, 2.75) is 52.4 Å². The molecule has 2 heterocycles. The van der Waals surface area contributed by atoms with Gasteiger partial charge in [-0.2, -0.15) is 0 Å². The van der Waals surface area contributed by atoms with Gasteiger partial charge in [0.05, 0.1) is 16.2 Å². The van der Waals surface area contributed by atoms with Crippen molar-refractivity contribution in [3.8, 4) is 0 Å². The van der Waals surface area contributed by atoms with Crippen LogP contribution in [0.4, 0.5) is 5.69 Å². The van der Waals surface area contributed by atoms with Crippen molar-refractivity contribution >= 4 is 67.3 Å². The van der Waals surface area contributed by atoms with Gasteiger partial charge in [-0.1, -0.05) is 78.9 Å². The Kier molecular flexibility index (Phi) is 7.34. The number of thiocarbonyl (C=S) groups is 1. The molecule has 28 heavy (non-hydrogen) atoms. The fraction of sp³-hybridized carbons (Fsp3) is 0.476. The van der Waals surface area contributed by atoms with E-state index in [2.05, 4.69) is 22.9 Å². The van der Waals surface area contributed by atoms with Gasteiger partial charge in [-0.25, -0.2) is 0 Å². The second-order valence-corrected chi connectivity index (χ2v) is 9.57. The molecule has 0 saturated carbocycles. The van der Waals surface area contributed by atoms with E-state index >= 15 is 0 Å². The topological polar surface area (TPSA) is 40.6 Å². The number of halogens is 1. The Labute approximate surface area is 184 Å². The first-order valence-electron chi connectivity index (χ1n) is 9.89. The molecule has 1 aromatic carbocycles. The van der Waals surface area contributed by atoms with E-state index in [1.807, 2.05) is 25.1 Å².